The Bertz CT molecular complexity index is 403. The second-order valence-corrected chi connectivity index (χ2v) is 8.18. The number of rotatable bonds is 6. The first kappa shape index (κ1) is 15.3. The zero-order valence-electron chi connectivity index (χ0n) is 12.4. The van der Waals surface area contributed by atoms with Crippen molar-refractivity contribution in [2.24, 2.45) is 5.41 Å². The van der Waals surface area contributed by atoms with E-state index in [9.17, 15) is 0 Å². The lowest BCUT2D eigenvalue weighted by Crippen LogP contribution is -2.43. The number of hydrogen-bond acceptors (Lipinski definition) is 5. The molecular weight excluding hydrogens is 274 g/mol. The van der Waals surface area contributed by atoms with Crippen molar-refractivity contribution >= 4 is 23.3 Å². The Morgan fingerprint density at radius 3 is 2.84 bits per heavy atom. The van der Waals surface area contributed by atoms with Gasteiger partial charge in [0, 0.05) is 17.7 Å². The summed E-state index contributed by atoms with van der Waals surface area (Å²) in [5.41, 5.74) is 0.394. The molecule has 108 valence electrons. The molecule has 0 spiro atoms. The molecule has 0 aliphatic heterocycles. The van der Waals surface area contributed by atoms with Crippen molar-refractivity contribution in [3.63, 3.8) is 0 Å². The minimum Gasteiger partial charge on any atom is -0.312 e. The van der Waals surface area contributed by atoms with Gasteiger partial charge in [-0.3, -0.25) is 0 Å². The van der Waals surface area contributed by atoms with Crippen molar-refractivity contribution in [1.82, 2.24) is 14.7 Å². The predicted octanol–water partition coefficient (Wildman–Crippen LogP) is 3.75. The van der Waals surface area contributed by atoms with Gasteiger partial charge >= 0.3 is 0 Å². The summed E-state index contributed by atoms with van der Waals surface area (Å²) in [4.78, 5) is 4.60. The number of aryl methyl sites for hydroxylation is 1. The van der Waals surface area contributed by atoms with E-state index in [0.717, 1.165) is 23.1 Å². The quantitative estimate of drug-likeness (QED) is 0.868. The summed E-state index contributed by atoms with van der Waals surface area (Å²) in [6.45, 7) is 10.2. The molecule has 2 unspecified atom stereocenters. The SMILES string of the molecule is CCCNC1C(Sc2nc(CC)ns2)CCC1(C)C. The van der Waals surface area contributed by atoms with E-state index in [-0.39, 0.29) is 0 Å². The van der Waals surface area contributed by atoms with Crippen LogP contribution in [0.3, 0.4) is 0 Å². The minimum absolute atomic E-state index is 0.394. The molecule has 0 saturated heterocycles. The average molecular weight is 300 g/mol. The molecule has 0 radical (unpaired) electrons. The Hall–Kier alpha value is -0.130. The normalized spacial score (nSPS) is 25.9. The molecule has 0 aromatic carbocycles. The van der Waals surface area contributed by atoms with E-state index in [1.54, 1.807) is 11.5 Å². The minimum atomic E-state index is 0.394. The van der Waals surface area contributed by atoms with Crippen molar-refractivity contribution in [2.75, 3.05) is 6.54 Å². The summed E-state index contributed by atoms with van der Waals surface area (Å²) in [6.07, 6.45) is 4.71. The molecule has 0 bridgehead atoms. The Morgan fingerprint density at radius 1 is 1.42 bits per heavy atom. The summed E-state index contributed by atoms with van der Waals surface area (Å²) >= 11 is 3.49. The van der Waals surface area contributed by atoms with Gasteiger partial charge in [-0.2, -0.15) is 4.37 Å². The van der Waals surface area contributed by atoms with Gasteiger partial charge in [0.2, 0.25) is 0 Å². The van der Waals surface area contributed by atoms with Crippen molar-refractivity contribution in [3.8, 4) is 0 Å². The van der Waals surface area contributed by atoms with Crippen LogP contribution in [0.4, 0.5) is 0 Å². The molecule has 1 aromatic rings. The lowest BCUT2D eigenvalue weighted by Gasteiger charge is -2.31. The van der Waals surface area contributed by atoms with Crippen LogP contribution in [0.15, 0.2) is 4.34 Å². The Balaban J connectivity index is 2.01. The summed E-state index contributed by atoms with van der Waals surface area (Å²) in [6, 6.07) is 0.589. The maximum absolute atomic E-state index is 4.60. The highest BCUT2D eigenvalue weighted by atomic mass is 32.2. The van der Waals surface area contributed by atoms with Crippen LogP contribution in [0.1, 0.15) is 52.8 Å². The van der Waals surface area contributed by atoms with Crippen molar-refractivity contribution in [2.45, 2.75) is 69.0 Å². The third kappa shape index (κ3) is 3.70. The van der Waals surface area contributed by atoms with Gasteiger partial charge in [-0.25, -0.2) is 4.98 Å². The summed E-state index contributed by atoms with van der Waals surface area (Å²) in [7, 11) is 0. The molecular formula is C14H25N3S2. The van der Waals surface area contributed by atoms with Crippen LogP contribution in [0, 0.1) is 5.41 Å². The highest BCUT2D eigenvalue weighted by molar-refractivity contribution is 8.01. The zero-order valence-corrected chi connectivity index (χ0v) is 14.0. The Kier molecular flexibility index (Phi) is 5.26. The molecule has 1 aliphatic rings. The van der Waals surface area contributed by atoms with Gasteiger partial charge in [-0.05, 0) is 42.8 Å². The average Bonchev–Trinajstić information content (AvgIpc) is 2.93. The molecule has 1 aromatic heterocycles. The van der Waals surface area contributed by atoms with E-state index in [0.29, 0.717) is 16.7 Å². The van der Waals surface area contributed by atoms with Crippen LogP contribution >= 0.6 is 23.3 Å². The molecule has 1 fully saturated rings. The summed E-state index contributed by atoms with van der Waals surface area (Å²) in [5.74, 6) is 0.989. The molecule has 5 heteroatoms. The van der Waals surface area contributed by atoms with Gasteiger partial charge in [0.1, 0.15) is 5.82 Å². The fraction of sp³-hybridized carbons (Fsp3) is 0.857. The monoisotopic (exact) mass is 299 g/mol. The second kappa shape index (κ2) is 6.55. The van der Waals surface area contributed by atoms with E-state index < -0.39 is 0 Å². The zero-order chi connectivity index (χ0) is 13.9. The first-order valence-corrected chi connectivity index (χ1v) is 8.94. The largest absolute Gasteiger partial charge is 0.312 e. The highest BCUT2D eigenvalue weighted by Gasteiger charge is 2.42. The Morgan fingerprint density at radius 2 is 2.21 bits per heavy atom. The molecule has 0 amide bonds. The van der Waals surface area contributed by atoms with E-state index in [1.165, 1.54) is 19.3 Å². The van der Waals surface area contributed by atoms with Crippen molar-refractivity contribution < 1.29 is 0 Å². The molecule has 1 saturated carbocycles. The van der Waals surface area contributed by atoms with Gasteiger partial charge in [0.05, 0.1) is 0 Å². The molecule has 1 aliphatic carbocycles. The molecule has 2 atom stereocenters. The topological polar surface area (TPSA) is 37.8 Å². The number of nitrogens with one attached hydrogen (secondary N) is 1. The van der Waals surface area contributed by atoms with Crippen LogP contribution < -0.4 is 5.32 Å². The lowest BCUT2D eigenvalue weighted by molar-refractivity contribution is 0.287. The van der Waals surface area contributed by atoms with Crippen molar-refractivity contribution in [1.29, 1.82) is 0 Å². The number of nitrogens with zero attached hydrogens (tertiary/aromatic N) is 2. The fourth-order valence-corrected chi connectivity index (χ4v) is 5.14. The summed E-state index contributed by atoms with van der Waals surface area (Å²) < 4.78 is 5.53. The van der Waals surface area contributed by atoms with Crippen LogP contribution in [-0.4, -0.2) is 27.2 Å². The van der Waals surface area contributed by atoms with Gasteiger partial charge in [0.15, 0.2) is 4.34 Å². The maximum Gasteiger partial charge on any atom is 0.170 e. The molecule has 3 nitrogen and oxygen atoms in total. The van der Waals surface area contributed by atoms with Crippen LogP contribution in [0.2, 0.25) is 0 Å². The van der Waals surface area contributed by atoms with E-state index >= 15 is 0 Å². The fourth-order valence-electron chi connectivity index (χ4n) is 2.73. The van der Waals surface area contributed by atoms with E-state index in [4.69, 9.17) is 0 Å². The molecule has 1 heterocycles. The van der Waals surface area contributed by atoms with Gasteiger partial charge in [-0.1, -0.05) is 39.5 Å². The third-order valence-electron chi connectivity index (χ3n) is 3.92. The standard InChI is InChI=1S/C14H25N3S2/c1-5-9-15-12-10(7-8-14(12,3)4)18-13-16-11(6-2)17-19-13/h10,12,15H,5-9H2,1-4H3. The first-order valence-electron chi connectivity index (χ1n) is 7.29. The van der Waals surface area contributed by atoms with Crippen LogP contribution in [0.25, 0.3) is 0 Å². The molecule has 19 heavy (non-hydrogen) atoms. The van der Waals surface area contributed by atoms with Gasteiger partial charge < -0.3 is 5.32 Å². The highest BCUT2D eigenvalue weighted by Crippen LogP contribution is 2.45. The van der Waals surface area contributed by atoms with Crippen molar-refractivity contribution in [3.05, 3.63) is 5.82 Å². The van der Waals surface area contributed by atoms with Crippen LogP contribution in [0.5, 0.6) is 0 Å². The predicted molar refractivity (Wildman–Crippen MR) is 84.0 cm³/mol. The maximum atomic E-state index is 4.60. The molecule has 1 N–H and O–H groups in total. The second-order valence-electron chi connectivity index (χ2n) is 5.95. The third-order valence-corrected chi connectivity index (χ3v) is 6.08. The Labute approximate surface area is 125 Å². The number of aromatic nitrogens is 2. The van der Waals surface area contributed by atoms with Gasteiger partial charge in [0.25, 0.3) is 0 Å². The number of thioether (sulfide) groups is 1. The first-order chi connectivity index (χ1) is 9.06. The summed E-state index contributed by atoms with van der Waals surface area (Å²) in [5, 5.41) is 4.39. The number of hydrogen-bond donors (Lipinski definition) is 1. The van der Waals surface area contributed by atoms with Crippen LogP contribution in [-0.2, 0) is 6.42 Å². The van der Waals surface area contributed by atoms with E-state index in [1.807, 2.05) is 11.8 Å². The lowest BCUT2D eigenvalue weighted by atomic mass is 9.87. The van der Waals surface area contributed by atoms with E-state index in [2.05, 4.69) is 42.4 Å². The smallest absolute Gasteiger partial charge is 0.170 e. The van der Waals surface area contributed by atoms with Gasteiger partial charge in [-0.15, -0.1) is 0 Å². The molecule has 2 rings (SSSR count).